The first-order valence-electron chi connectivity index (χ1n) is 7.40. The average Bonchev–Trinajstić information content (AvgIpc) is 2.53. The highest BCUT2D eigenvalue weighted by atomic mass is 32.2. The number of hydrogen-bond acceptors (Lipinski definition) is 3. The molecule has 1 amide bonds. The van der Waals surface area contributed by atoms with Crippen LogP contribution in [0.15, 0.2) is 29.2 Å². The SMILES string of the molecule is CCC(=O)NCc1cccc(S(=O)(=O)N2CCCCC2)c1. The highest BCUT2D eigenvalue weighted by molar-refractivity contribution is 7.89. The third-order valence-corrected chi connectivity index (χ3v) is 5.56. The van der Waals surface area contributed by atoms with E-state index in [1.807, 2.05) is 6.07 Å². The van der Waals surface area contributed by atoms with Crippen LogP contribution in [0.4, 0.5) is 0 Å². The molecule has 116 valence electrons. The molecule has 1 aliphatic heterocycles. The van der Waals surface area contributed by atoms with E-state index in [4.69, 9.17) is 0 Å². The van der Waals surface area contributed by atoms with Crippen LogP contribution in [0.5, 0.6) is 0 Å². The summed E-state index contributed by atoms with van der Waals surface area (Å²) in [5, 5.41) is 2.76. The summed E-state index contributed by atoms with van der Waals surface area (Å²) >= 11 is 0. The van der Waals surface area contributed by atoms with E-state index in [-0.39, 0.29) is 5.91 Å². The fraction of sp³-hybridized carbons (Fsp3) is 0.533. The molecule has 0 bridgehead atoms. The molecule has 0 spiro atoms. The van der Waals surface area contributed by atoms with Crippen LogP contribution in [0.3, 0.4) is 0 Å². The first-order valence-corrected chi connectivity index (χ1v) is 8.84. The summed E-state index contributed by atoms with van der Waals surface area (Å²) in [6, 6.07) is 6.82. The van der Waals surface area contributed by atoms with Crippen LogP contribution in [0.1, 0.15) is 38.2 Å². The summed E-state index contributed by atoms with van der Waals surface area (Å²) in [6.07, 6.45) is 3.36. The van der Waals surface area contributed by atoms with E-state index < -0.39 is 10.0 Å². The fourth-order valence-electron chi connectivity index (χ4n) is 2.40. The number of hydrogen-bond donors (Lipinski definition) is 1. The lowest BCUT2D eigenvalue weighted by Crippen LogP contribution is -2.35. The molecular weight excluding hydrogens is 288 g/mol. The van der Waals surface area contributed by atoms with E-state index >= 15 is 0 Å². The fourth-order valence-corrected chi connectivity index (χ4v) is 3.98. The predicted octanol–water partition coefficient (Wildman–Crippen LogP) is 1.89. The third kappa shape index (κ3) is 4.04. The lowest BCUT2D eigenvalue weighted by Gasteiger charge is -2.26. The molecule has 0 radical (unpaired) electrons. The molecule has 1 fully saturated rings. The van der Waals surface area contributed by atoms with Gasteiger partial charge in [-0.3, -0.25) is 4.79 Å². The molecule has 5 nitrogen and oxygen atoms in total. The highest BCUT2D eigenvalue weighted by Gasteiger charge is 2.25. The van der Waals surface area contributed by atoms with Gasteiger partial charge in [-0.1, -0.05) is 25.5 Å². The molecule has 1 aliphatic rings. The van der Waals surface area contributed by atoms with Crippen LogP contribution in [-0.2, 0) is 21.4 Å². The van der Waals surface area contributed by atoms with Crippen molar-refractivity contribution in [3.05, 3.63) is 29.8 Å². The summed E-state index contributed by atoms with van der Waals surface area (Å²) < 4.78 is 26.7. The van der Waals surface area contributed by atoms with Crippen molar-refractivity contribution in [1.29, 1.82) is 0 Å². The molecule has 0 aliphatic carbocycles. The normalized spacial score (nSPS) is 16.6. The largest absolute Gasteiger partial charge is 0.352 e. The Morgan fingerprint density at radius 3 is 2.62 bits per heavy atom. The van der Waals surface area contributed by atoms with Gasteiger partial charge in [-0.2, -0.15) is 4.31 Å². The number of sulfonamides is 1. The molecule has 1 N–H and O–H groups in total. The van der Waals surface area contributed by atoms with Gasteiger partial charge in [0.1, 0.15) is 0 Å². The molecule has 21 heavy (non-hydrogen) atoms. The first kappa shape index (κ1) is 16.0. The molecule has 0 atom stereocenters. The number of carbonyl (C=O) groups is 1. The zero-order chi connectivity index (χ0) is 15.3. The number of nitrogens with one attached hydrogen (secondary N) is 1. The van der Waals surface area contributed by atoms with E-state index in [1.54, 1.807) is 29.4 Å². The number of piperidine rings is 1. The summed E-state index contributed by atoms with van der Waals surface area (Å²) in [5.74, 6) is -0.0423. The molecule has 0 aromatic heterocycles. The molecule has 0 unspecified atom stereocenters. The topological polar surface area (TPSA) is 66.5 Å². The quantitative estimate of drug-likeness (QED) is 0.903. The minimum atomic E-state index is -3.41. The second-order valence-corrected chi connectivity index (χ2v) is 7.18. The number of rotatable bonds is 5. The Morgan fingerprint density at radius 1 is 1.24 bits per heavy atom. The highest BCUT2D eigenvalue weighted by Crippen LogP contribution is 2.21. The Bertz CT molecular complexity index is 593. The maximum atomic E-state index is 12.6. The molecule has 1 aromatic rings. The summed E-state index contributed by atoms with van der Waals surface area (Å²) in [6.45, 7) is 3.33. The Hall–Kier alpha value is -1.40. The zero-order valence-corrected chi connectivity index (χ0v) is 13.2. The molecule has 0 saturated carbocycles. The van der Waals surface area contributed by atoms with Crippen molar-refractivity contribution in [3.63, 3.8) is 0 Å². The van der Waals surface area contributed by atoms with E-state index in [0.29, 0.717) is 31.0 Å². The van der Waals surface area contributed by atoms with Gasteiger partial charge in [-0.15, -0.1) is 0 Å². The van der Waals surface area contributed by atoms with Crippen LogP contribution in [0, 0.1) is 0 Å². The van der Waals surface area contributed by atoms with Crippen molar-refractivity contribution < 1.29 is 13.2 Å². The van der Waals surface area contributed by atoms with Gasteiger partial charge in [0.05, 0.1) is 4.90 Å². The number of amides is 1. The van der Waals surface area contributed by atoms with Crippen LogP contribution in [0.2, 0.25) is 0 Å². The number of nitrogens with zero attached hydrogens (tertiary/aromatic N) is 1. The van der Waals surface area contributed by atoms with Gasteiger partial charge >= 0.3 is 0 Å². The zero-order valence-electron chi connectivity index (χ0n) is 12.3. The van der Waals surface area contributed by atoms with Gasteiger partial charge in [0.25, 0.3) is 0 Å². The summed E-state index contributed by atoms with van der Waals surface area (Å²) in [5.41, 5.74) is 0.801. The van der Waals surface area contributed by atoms with Crippen molar-refractivity contribution in [3.8, 4) is 0 Å². The number of carbonyl (C=O) groups excluding carboxylic acids is 1. The van der Waals surface area contributed by atoms with Crippen molar-refractivity contribution in [1.82, 2.24) is 9.62 Å². The molecule has 1 saturated heterocycles. The Morgan fingerprint density at radius 2 is 1.95 bits per heavy atom. The van der Waals surface area contributed by atoms with E-state index in [9.17, 15) is 13.2 Å². The first-order chi connectivity index (χ1) is 10.0. The van der Waals surface area contributed by atoms with Crippen molar-refractivity contribution in [2.24, 2.45) is 0 Å². The minimum absolute atomic E-state index is 0.0423. The van der Waals surface area contributed by atoms with E-state index in [2.05, 4.69) is 5.32 Å². The van der Waals surface area contributed by atoms with Gasteiger partial charge in [-0.05, 0) is 30.5 Å². The predicted molar refractivity (Wildman–Crippen MR) is 81.2 cm³/mol. The minimum Gasteiger partial charge on any atom is -0.352 e. The van der Waals surface area contributed by atoms with Crippen molar-refractivity contribution in [2.45, 2.75) is 44.0 Å². The molecular formula is C15H22N2O3S. The number of benzene rings is 1. The standard InChI is InChI=1S/C15H22N2O3S/c1-2-15(18)16-12-13-7-6-8-14(11-13)21(19,20)17-9-4-3-5-10-17/h6-8,11H,2-5,9-10,12H2,1H3,(H,16,18). The van der Waals surface area contributed by atoms with E-state index in [0.717, 1.165) is 24.8 Å². The maximum Gasteiger partial charge on any atom is 0.243 e. The van der Waals surface area contributed by atoms with Gasteiger partial charge in [0.2, 0.25) is 15.9 Å². The second kappa shape index (κ2) is 7.04. The van der Waals surface area contributed by atoms with Crippen LogP contribution in [-0.4, -0.2) is 31.7 Å². The van der Waals surface area contributed by atoms with E-state index in [1.165, 1.54) is 0 Å². The van der Waals surface area contributed by atoms with Gasteiger partial charge in [0, 0.05) is 26.1 Å². The maximum absolute atomic E-state index is 12.6. The smallest absolute Gasteiger partial charge is 0.243 e. The van der Waals surface area contributed by atoms with Gasteiger partial charge < -0.3 is 5.32 Å². The monoisotopic (exact) mass is 310 g/mol. The lowest BCUT2D eigenvalue weighted by atomic mass is 10.2. The molecule has 2 rings (SSSR count). The average molecular weight is 310 g/mol. The Balaban J connectivity index is 2.14. The van der Waals surface area contributed by atoms with Crippen LogP contribution in [0.25, 0.3) is 0 Å². The van der Waals surface area contributed by atoms with Gasteiger partial charge in [-0.25, -0.2) is 8.42 Å². The summed E-state index contributed by atoms with van der Waals surface area (Å²) in [4.78, 5) is 11.6. The van der Waals surface area contributed by atoms with Crippen molar-refractivity contribution >= 4 is 15.9 Å². The van der Waals surface area contributed by atoms with Crippen LogP contribution >= 0.6 is 0 Å². The van der Waals surface area contributed by atoms with Crippen LogP contribution < -0.4 is 5.32 Å². The van der Waals surface area contributed by atoms with Gasteiger partial charge in [0.15, 0.2) is 0 Å². The molecule has 1 heterocycles. The molecule has 6 heteroatoms. The summed E-state index contributed by atoms with van der Waals surface area (Å²) in [7, 11) is -3.41. The Kier molecular flexibility index (Phi) is 5.36. The third-order valence-electron chi connectivity index (χ3n) is 3.66. The lowest BCUT2D eigenvalue weighted by molar-refractivity contribution is -0.120. The second-order valence-electron chi connectivity index (χ2n) is 5.24. The van der Waals surface area contributed by atoms with Crippen molar-refractivity contribution in [2.75, 3.05) is 13.1 Å². The molecule has 1 aromatic carbocycles. The Labute approximate surface area is 126 Å².